The third-order valence-electron chi connectivity index (χ3n) is 5.41. The largest absolute Gasteiger partial charge is 0.493 e. The number of imide groups is 1. The van der Waals surface area contributed by atoms with Crippen molar-refractivity contribution >= 4 is 11.9 Å². The molecule has 3 amide bonds. The highest BCUT2D eigenvalue weighted by Crippen LogP contribution is 2.37. The van der Waals surface area contributed by atoms with Gasteiger partial charge in [-0.1, -0.05) is 6.07 Å². The van der Waals surface area contributed by atoms with Crippen LogP contribution >= 0.6 is 0 Å². The number of carbonyl (C=O) groups is 2. The number of nitrogens with one attached hydrogen (secondary N) is 1. The molecule has 1 N–H and O–H groups in total. The second-order valence-corrected chi connectivity index (χ2v) is 7.15. The van der Waals surface area contributed by atoms with Gasteiger partial charge >= 0.3 is 6.03 Å². The van der Waals surface area contributed by atoms with Crippen molar-refractivity contribution in [1.29, 1.82) is 0 Å². The zero-order chi connectivity index (χ0) is 22.1. The number of carbonyl (C=O) groups excluding carboxylic acids is 2. The van der Waals surface area contributed by atoms with Crippen LogP contribution in [-0.4, -0.2) is 45.3 Å². The van der Waals surface area contributed by atoms with Crippen LogP contribution in [0, 0.1) is 6.92 Å². The molecule has 1 fully saturated rings. The third-order valence-corrected chi connectivity index (χ3v) is 5.41. The number of benzene rings is 2. The molecule has 1 atom stereocenters. The van der Waals surface area contributed by atoms with E-state index in [1.807, 2.05) is 13.0 Å². The fourth-order valence-electron chi connectivity index (χ4n) is 3.55. The first-order chi connectivity index (χ1) is 14.3. The number of amides is 3. The van der Waals surface area contributed by atoms with Gasteiger partial charge < -0.3 is 24.3 Å². The first-order valence-electron chi connectivity index (χ1n) is 9.37. The van der Waals surface area contributed by atoms with Crippen molar-refractivity contribution < 1.29 is 28.5 Å². The van der Waals surface area contributed by atoms with Crippen LogP contribution in [0.1, 0.15) is 23.6 Å². The second kappa shape index (κ2) is 8.14. The molecular weight excluding hydrogens is 388 g/mol. The van der Waals surface area contributed by atoms with E-state index in [0.717, 1.165) is 11.1 Å². The normalized spacial score (nSPS) is 18.3. The molecule has 1 saturated heterocycles. The Balaban J connectivity index is 1.93. The minimum absolute atomic E-state index is 0.111. The molecule has 2 aromatic rings. The van der Waals surface area contributed by atoms with Gasteiger partial charge in [-0.2, -0.15) is 0 Å². The van der Waals surface area contributed by atoms with Crippen LogP contribution in [0.2, 0.25) is 0 Å². The maximum Gasteiger partial charge on any atom is 0.325 e. The van der Waals surface area contributed by atoms with E-state index in [1.54, 1.807) is 45.4 Å². The highest BCUT2D eigenvalue weighted by atomic mass is 16.5. The van der Waals surface area contributed by atoms with Crippen LogP contribution < -0.4 is 24.3 Å². The summed E-state index contributed by atoms with van der Waals surface area (Å²) in [5, 5.41) is 2.81. The van der Waals surface area contributed by atoms with Gasteiger partial charge in [0.15, 0.2) is 23.0 Å². The van der Waals surface area contributed by atoms with Gasteiger partial charge in [-0.25, -0.2) is 4.79 Å². The SMILES string of the molecule is COc1ccc([C@]2(C)NC(=O)N(Cc3cc(OC)c(OC)cc3C)C2=O)cc1OC. The van der Waals surface area contributed by atoms with Gasteiger partial charge in [0.25, 0.3) is 5.91 Å². The van der Waals surface area contributed by atoms with E-state index in [1.165, 1.54) is 19.1 Å². The van der Waals surface area contributed by atoms with Crippen molar-refractivity contribution in [1.82, 2.24) is 10.2 Å². The van der Waals surface area contributed by atoms with Crippen LogP contribution in [0.25, 0.3) is 0 Å². The maximum absolute atomic E-state index is 13.3. The lowest BCUT2D eigenvalue weighted by atomic mass is 9.91. The van der Waals surface area contributed by atoms with Gasteiger partial charge in [0.2, 0.25) is 0 Å². The summed E-state index contributed by atoms with van der Waals surface area (Å²) in [6, 6.07) is 8.28. The topological polar surface area (TPSA) is 86.3 Å². The fourth-order valence-corrected chi connectivity index (χ4v) is 3.55. The Morgan fingerprint density at radius 2 is 1.43 bits per heavy atom. The first-order valence-corrected chi connectivity index (χ1v) is 9.37. The fraction of sp³-hybridized carbons (Fsp3) is 0.364. The number of hydrogen-bond acceptors (Lipinski definition) is 6. The van der Waals surface area contributed by atoms with Crippen LogP contribution in [0.15, 0.2) is 30.3 Å². The van der Waals surface area contributed by atoms with Crippen molar-refractivity contribution in [2.45, 2.75) is 25.9 Å². The van der Waals surface area contributed by atoms with Crippen LogP contribution in [0.3, 0.4) is 0 Å². The van der Waals surface area contributed by atoms with Crippen molar-refractivity contribution in [3.8, 4) is 23.0 Å². The van der Waals surface area contributed by atoms with E-state index in [9.17, 15) is 9.59 Å². The summed E-state index contributed by atoms with van der Waals surface area (Å²) < 4.78 is 21.3. The van der Waals surface area contributed by atoms with E-state index in [0.29, 0.717) is 28.6 Å². The van der Waals surface area contributed by atoms with E-state index >= 15 is 0 Å². The Bertz CT molecular complexity index is 990. The molecule has 8 nitrogen and oxygen atoms in total. The average molecular weight is 414 g/mol. The predicted octanol–water partition coefficient (Wildman–Crippen LogP) is 3.00. The smallest absolute Gasteiger partial charge is 0.325 e. The number of rotatable bonds is 7. The molecule has 30 heavy (non-hydrogen) atoms. The van der Waals surface area contributed by atoms with Crippen molar-refractivity contribution in [3.05, 3.63) is 47.0 Å². The standard InChI is InChI=1S/C22H26N2O6/c1-13-9-17(28-4)18(29-5)10-14(13)12-24-20(25)22(2,23-21(24)26)15-7-8-16(27-3)19(11-15)30-6/h7-11H,12H2,1-6H3,(H,23,26)/t22-/m0/s1. The van der Waals surface area contributed by atoms with Crippen LogP contribution in [0.4, 0.5) is 4.79 Å². The number of nitrogens with zero attached hydrogens (tertiary/aromatic N) is 1. The lowest BCUT2D eigenvalue weighted by molar-refractivity contribution is -0.131. The molecule has 8 heteroatoms. The minimum atomic E-state index is -1.22. The second-order valence-electron chi connectivity index (χ2n) is 7.15. The van der Waals surface area contributed by atoms with Gasteiger partial charge in [0, 0.05) is 0 Å². The molecule has 2 aromatic carbocycles. The number of aryl methyl sites for hydroxylation is 1. The molecule has 0 bridgehead atoms. The van der Waals surface area contributed by atoms with Gasteiger partial charge in [-0.15, -0.1) is 0 Å². The Hall–Kier alpha value is -3.42. The number of urea groups is 1. The summed E-state index contributed by atoms with van der Waals surface area (Å²) in [4.78, 5) is 27.2. The minimum Gasteiger partial charge on any atom is -0.493 e. The molecule has 3 rings (SSSR count). The molecule has 0 aromatic heterocycles. The first kappa shape index (κ1) is 21.3. The van der Waals surface area contributed by atoms with Gasteiger partial charge in [-0.05, 0) is 54.8 Å². The molecular formula is C22H26N2O6. The van der Waals surface area contributed by atoms with Crippen molar-refractivity contribution in [2.24, 2.45) is 0 Å². The summed E-state index contributed by atoms with van der Waals surface area (Å²) in [6.07, 6.45) is 0. The van der Waals surface area contributed by atoms with E-state index in [2.05, 4.69) is 5.32 Å². The maximum atomic E-state index is 13.3. The Morgan fingerprint density at radius 1 is 0.867 bits per heavy atom. The molecule has 1 heterocycles. The molecule has 0 aliphatic carbocycles. The summed E-state index contributed by atoms with van der Waals surface area (Å²) in [6.45, 7) is 3.68. The van der Waals surface area contributed by atoms with Crippen LogP contribution in [0.5, 0.6) is 23.0 Å². The molecule has 0 unspecified atom stereocenters. The van der Waals surface area contributed by atoms with Crippen molar-refractivity contribution in [3.63, 3.8) is 0 Å². The molecule has 0 radical (unpaired) electrons. The van der Waals surface area contributed by atoms with Gasteiger partial charge in [0.1, 0.15) is 5.54 Å². The number of ether oxygens (including phenoxy) is 4. The van der Waals surface area contributed by atoms with Crippen LogP contribution in [-0.2, 0) is 16.9 Å². The summed E-state index contributed by atoms with van der Waals surface area (Å²) >= 11 is 0. The molecule has 1 aliphatic heterocycles. The van der Waals surface area contributed by atoms with Crippen molar-refractivity contribution in [2.75, 3.05) is 28.4 Å². The zero-order valence-electron chi connectivity index (χ0n) is 18.0. The Labute approximate surface area is 175 Å². The number of methoxy groups -OCH3 is 4. The average Bonchev–Trinajstić information content (AvgIpc) is 2.97. The molecule has 160 valence electrons. The lowest BCUT2D eigenvalue weighted by Gasteiger charge is -2.23. The van der Waals surface area contributed by atoms with E-state index in [4.69, 9.17) is 18.9 Å². The Kier molecular flexibility index (Phi) is 5.78. The summed E-state index contributed by atoms with van der Waals surface area (Å²) in [7, 11) is 6.15. The Morgan fingerprint density at radius 3 is 2.03 bits per heavy atom. The molecule has 1 aliphatic rings. The highest BCUT2D eigenvalue weighted by molar-refractivity contribution is 6.07. The van der Waals surface area contributed by atoms with E-state index in [-0.39, 0.29) is 12.5 Å². The highest BCUT2D eigenvalue weighted by Gasteiger charge is 2.49. The van der Waals surface area contributed by atoms with E-state index < -0.39 is 11.6 Å². The molecule has 0 saturated carbocycles. The summed E-state index contributed by atoms with van der Waals surface area (Å²) in [5.41, 5.74) is 1.05. The zero-order valence-corrected chi connectivity index (χ0v) is 18.0. The van der Waals surface area contributed by atoms with Gasteiger partial charge in [0.05, 0.1) is 35.0 Å². The van der Waals surface area contributed by atoms with Gasteiger partial charge in [-0.3, -0.25) is 9.69 Å². The third kappa shape index (κ3) is 3.49. The quantitative estimate of drug-likeness (QED) is 0.701. The lowest BCUT2D eigenvalue weighted by Crippen LogP contribution is -2.40. The molecule has 0 spiro atoms. The monoisotopic (exact) mass is 414 g/mol. The summed E-state index contributed by atoms with van der Waals surface area (Å²) in [5.74, 6) is 1.79. The predicted molar refractivity (Wildman–Crippen MR) is 110 cm³/mol. The number of hydrogen-bond donors (Lipinski definition) is 1.